The Labute approximate surface area is 176 Å². The fourth-order valence-corrected chi connectivity index (χ4v) is 5.08. The van der Waals surface area contributed by atoms with Crippen LogP contribution in [0.4, 0.5) is 0 Å². The van der Waals surface area contributed by atoms with Crippen LogP contribution in [0.15, 0.2) is 34.5 Å². The molecule has 0 unspecified atom stereocenters. The lowest BCUT2D eigenvalue weighted by atomic mass is 10.1. The van der Waals surface area contributed by atoms with E-state index in [0.717, 1.165) is 4.88 Å². The summed E-state index contributed by atoms with van der Waals surface area (Å²) >= 11 is 1.20. The van der Waals surface area contributed by atoms with Crippen molar-refractivity contribution < 1.29 is 22.7 Å². The van der Waals surface area contributed by atoms with Crippen molar-refractivity contribution in [1.82, 2.24) is 10.0 Å². The summed E-state index contributed by atoms with van der Waals surface area (Å²) in [7, 11) is -0.572. The molecule has 0 atom stereocenters. The Hall–Kier alpha value is -2.10. The minimum atomic E-state index is -3.65. The average molecular weight is 441 g/mol. The number of rotatable bonds is 11. The van der Waals surface area contributed by atoms with Gasteiger partial charge in [0.05, 0.1) is 14.2 Å². The van der Waals surface area contributed by atoms with Crippen LogP contribution in [-0.4, -0.2) is 35.1 Å². The molecule has 2 N–H and O–H groups in total. The number of benzene rings is 1. The van der Waals surface area contributed by atoms with Crippen molar-refractivity contribution in [2.45, 2.75) is 37.4 Å². The first kappa shape index (κ1) is 23.2. The number of hydrogen-bond acceptors (Lipinski definition) is 6. The standard InChI is InChI=1S/C20H28N2O5S2/c1-14(2)11-19(23)21-10-9-17-6-8-20(28-17)29(24,25)22-13-15-12-16(26-3)5-7-18(15)27-4/h5-8,12,14,22H,9-11,13H2,1-4H3,(H,21,23). The number of ether oxygens (including phenoxy) is 2. The van der Waals surface area contributed by atoms with Crippen LogP contribution in [0.3, 0.4) is 0 Å². The lowest BCUT2D eigenvalue weighted by Gasteiger charge is -2.11. The molecular formula is C20H28N2O5S2. The van der Waals surface area contributed by atoms with Crippen molar-refractivity contribution in [1.29, 1.82) is 0 Å². The highest BCUT2D eigenvalue weighted by Gasteiger charge is 2.18. The molecule has 0 radical (unpaired) electrons. The van der Waals surface area contributed by atoms with E-state index in [0.29, 0.717) is 42.4 Å². The summed E-state index contributed by atoms with van der Waals surface area (Å²) in [5.74, 6) is 1.52. The zero-order valence-corrected chi connectivity index (χ0v) is 18.8. The van der Waals surface area contributed by atoms with Crippen LogP contribution in [0.2, 0.25) is 0 Å². The summed E-state index contributed by atoms with van der Waals surface area (Å²) in [5.41, 5.74) is 0.681. The van der Waals surface area contributed by atoms with Crippen molar-refractivity contribution in [3.05, 3.63) is 40.8 Å². The third-order valence-corrected chi connectivity index (χ3v) is 7.17. The number of amides is 1. The maximum absolute atomic E-state index is 12.6. The third-order valence-electron chi connectivity index (χ3n) is 4.13. The van der Waals surface area contributed by atoms with Crippen LogP contribution >= 0.6 is 11.3 Å². The second-order valence-electron chi connectivity index (χ2n) is 6.92. The summed E-state index contributed by atoms with van der Waals surface area (Å²) in [5, 5.41) is 2.86. The molecule has 7 nitrogen and oxygen atoms in total. The Balaban J connectivity index is 1.96. The number of nitrogens with one attached hydrogen (secondary N) is 2. The average Bonchev–Trinajstić information content (AvgIpc) is 3.15. The van der Waals surface area contributed by atoms with E-state index in [1.807, 2.05) is 13.8 Å². The van der Waals surface area contributed by atoms with E-state index in [4.69, 9.17) is 9.47 Å². The molecule has 0 aliphatic heterocycles. The topological polar surface area (TPSA) is 93.7 Å². The Morgan fingerprint density at radius 2 is 1.90 bits per heavy atom. The van der Waals surface area contributed by atoms with Gasteiger partial charge in [-0.25, -0.2) is 13.1 Å². The molecule has 1 amide bonds. The van der Waals surface area contributed by atoms with Crippen LogP contribution in [0.5, 0.6) is 11.5 Å². The van der Waals surface area contributed by atoms with E-state index in [9.17, 15) is 13.2 Å². The molecule has 0 aliphatic carbocycles. The van der Waals surface area contributed by atoms with Gasteiger partial charge in [-0.15, -0.1) is 11.3 Å². The molecule has 1 heterocycles. The largest absolute Gasteiger partial charge is 0.497 e. The molecule has 0 bridgehead atoms. The minimum Gasteiger partial charge on any atom is -0.497 e. The molecule has 0 aliphatic rings. The molecule has 1 aromatic carbocycles. The number of carbonyl (C=O) groups is 1. The number of thiophene rings is 1. The predicted molar refractivity (Wildman–Crippen MR) is 114 cm³/mol. The van der Waals surface area contributed by atoms with Crippen molar-refractivity contribution in [3.63, 3.8) is 0 Å². The highest BCUT2D eigenvalue weighted by Crippen LogP contribution is 2.26. The van der Waals surface area contributed by atoms with Gasteiger partial charge in [0.25, 0.3) is 0 Å². The second-order valence-corrected chi connectivity index (χ2v) is 10.1. The summed E-state index contributed by atoms with van der Waals surface area (Å²) in [6.45, 7) is 4.55. The summed E-state index contributed by atoms with van der Waals surface area (Å²) < 4.78 is 38.6. The number of methoxy groups -OCH3 is 2. The molecule has 1 aromatic heterocycles. The lowest BCUT2D eigenvalue weighted by Crippen LogP contribution is -2.26. The Bertz CT molecular complexity index is 923. The summed E-state index contributed by atoms with van der Waals surface area (Å²) in [4.78, 5) is 12.6. The number of sulfonamides is 1. The van der Waals surface area contributed by atoms with Gasteiger partial charge in [0.15, 0.2) is 0 Å². The molecule has 2 rings (SSSR count). The summed E-state index contributed by atoms with van der Waals surface area (Å²) in [6, 6.07) is 8.59. The molecule has 9 heteroatoms. The van der Waals surface area contributed by atoms with Crippen molar-refractivity contribution >= 4 is 27.3 Å². The van der Waals surface area contributed by atoms with Crippen LogP contribution in [0.25, 0.3) is 0 Å². The summed E-state index contributed by atoms with van der Waals surface area (Å²) in [6.07, 6.45) is 1.08. The van der Waals surface area contributed by atoms with Gasteiger partial charge in [0.2, 0.25) is 15.9 Å². The fraction of sp³-hybridized carbons (Fsp3) is 0.450. The highest BCUT2D eigenvalue weighted by molar-refractivity contribution is 7.91. The smallest absolute Gasteiger partial charge is 0.250 e. The van der Waals surface area contributed by atoms with Gasteiger partial charge in [-0.05, 0) is 42.7 Å². The van der Waals surface area contributed by atoms with E-state index in [2.05, 4.69) is 10.0 Å². The SMILES string of the molecule is COc1ccc(OC)c(CNS(=O)(=O)c2ccc(CCNC(=O)CC(C)C)s2)c1. The molecule has 0 saturated carbocycles. The van der Waals surface area contributed by atoms with E-state index < -0.39 is 10.0 Å². The van der Waals surface area contributed by atoms with E-state index in [1.165, 1.54) is 18.4 Å². The van der Waals surface area contributed by atoms with Crippen molar-refractivity contribution in [2.24, 2.45) is 5.92 Å². The molecule has 2 aromatic rings. The fourth-order valence-electron chi connectivity index (χ4n) is 2.67. The van der Waals surface area contributed by atoms with E-state index >= 15 is 0 Å². The zero-order chi connectivity index (χ0) is 21.4. The maximum Gasteiger partial charge on any atom is 0.250 e. The van der Waals surface area contributed by atoms with E-state index in [1.54, 1.807) is 37.4 Å². The minimum absolute atomic E-state index is 0.0123. The van der Waals surface area contributed by atoms with Crippen LogP contribution in [-0.2, 0) is 27.8 Å². The lowest BCUT2D eigenvalue weighted by molar-refractivity contribution is -0.121. The molecule has 0 fully saturated rings. The molecule has 0 saturated heterocycles. The van der Waals surface area contributed by atoms with Crippen LogP contribution in [0.1, 0.15) is 30.7 Å². The molecule has 0 spiro atoms. The van der Waals surface area contributed by atoms with Crippen LogP contribution in [0, 0.1) is 5.92 Å². The van der Waals surface area contributed by atoms with Crippen molar-refractivity contribution in [2.75, 3.05) is 20.8 Å². The third kappa shape index (κ3) is 7.02. The maximum atomic E-state index is 12.6. The first-order chi connectivity index (χ1) is 13.7. The Morgan fingerprint density at radius 3 is 2.55 bits per heavy atom. The molecular weight excluding hydrogens is 412 g/mol. The van der Waals surface area contributed by atoms with Crippen molar-refractivity contribution in [3.8, 4) is 11.5 Å². The zero-order valence-electron chi connectivity index (χ0n) is 17.2. The van der Waals surface area contributed by atoms with Crippen LogP contribution < -0.4 is 19.5 Å². The van der Waals surface area contributed by atoms with E-state index in [-0.39, 0.29) is 16.7 Å². The van der Waals surface area contributed by atoms with Gasteiger partial charge in [-0.2, -0.15) is 0 Å². The first-order valence-electron chi connectivity index (χ1n) is 9.31. The predicted octanol–water partition coefficient (Wildman–Crippen LogP) is 2.95. The van der Waals surface area contributed by atoms with Gasteiger partial charge in [-0.1, -0.05) is 13.8 Å². The van der Waals surface area contributed by atoms with Gasteiger partial charge < -0.3 is 14.8 Å². The first-order valence-corrected chi connectivity index (χ1v) is 11.6. The molecule has 29 heavy (non-hydrogen) atoms. The highest BCUT2D eigenvalue weighted by atomic mass is 32.2. The Morgan fingerprint density at radius 1 is 1.14 bits per heavy atom. The number of hydrogen-bond donors (Lipinski definition) is 2. The monoisotopic (exact) mass is 440 g/mol. The quantitative estimate of drug-likeness (QED) is 0.560. The van der Waals surface area contributed by atoms with Gasteiger partial charge >= 0.3 is 0 Å². The normalized spacial score (nSPS) is 11.5. The van der Waals surface area contributed by atoms with Gasteiger partial charge in [-0.3, -0.25) is 4.79 Å². The molecule has 160 valence electrons. The number of carbonyl (C=O) groups excluding carboxylic acids is 1. The van der Waals surface area contributed by atoms with Gasteiger partial charge in [0, 0.05) is 30.0 Å². The second kappa shape index (κ2) is 10.6. The van der Waals surface area contributed by atoms with Gasteiger partial charge in [0.1, 0.15) is 15.7 Å². The Kier molecular flexibility index (Phi) is 8.48.